The van der Waals surface area contributed by atoms with Crippen LogP contribution in [0.2, 0.25) is 0 Å². The molecule has 6 nitrogen and oxygen atoms in total. The van der Waals surface area contributed by atoms with Crippen molar-refractivity contribution in [2.45, 2.75) is 84.2 Å². The highest BCUT2D eigenvalue weighted by Gasteiger charge is 2.36. The molecule has 0 spiro atoms. The molecule has 7 heteroatoms. The van der Waals surface area contributed by atoms with Crippen molar-refractivity contribution in [1.29, 1.82) is 0 Å². The predicted molar refractivity (Wildman–Crippen MR) is 101 cm³/mol. The van der Waals surface area contributed by atoms with Crippen molar-refractivity contribution in [1.82, 2.24) is 5.32 Å². The summed E-state index contributed by atoms with van der Waals surface area (Å²) < 4.78 is 11.6. The standard InChI is InChI=1S/C18H33BN2O4/c1-6-13(7-2)24-15-9-12(18(23)25-17(19)10(3)4)8-14(20)16(15)21-11(5)22/h9-10,13-17H,6-8,19-20H2,1-5H3,(H,21,22)/t14-,15+,16+,17?/m0/s1. The molecule has 142 valence electrons. The van der Waals surface area contributed by atoms with Crippen molar-refractivity contribution in [3.8, 4) is 0 Å². The van der Waals surface area contributed by atoms with Crippen LogP contribution in [0.3, 0.4) is 0 Å². The third kappa shape index (κ3) is 6.47. The molecule has 0 heterocycles. The number of rotatable bonds is 8. The summed E-state index contributed by atoms with van der Waals surface area (Å²) in [6.07, 6.45) is 3.46. The predicted octanol–water partition coefficient (Wildman–Crippen LogP) is 0.881. The molecule has 1 amide bonds. The van der Waals surface area contributed by atoms with Crippen LogP contribution in [0.25, 0.3) is 0 Å². The van der Waals surface area contributed by atoms with Gasteiger partial charge in [0, 0.05) is 18.5 Å². The average Bonchev–Trinajstić information content (AvgIpc) is 2.54. The molecule has 1 aliphatic carbocycles. The van der Waals surface area contributed by atoms with Crippen molar-refractivity contribution in [3.05, 3.63) is 11.6 Å². The molecule has 0 aromatic rings. The van der Waals surface area contributed by atoms with E-state index in [9.17, 15) is 9.59 Å². The lowest BCUT2D eigenvalue weighted by Crippen LogP contribution is -2.57. The summed E-state index contributed by atoms with van der Waals surface area (Å²) in [7, 11) is 1.88. The highest BCUT2D eigenvalue weighted by Crippen LogP contribution is 2.24. The lowest BCUT2D eigenvalue weighted by atomic mass is 9.87. The number of nitrogens with one attached hydrogen (secondary N) is 1. The zero-order chi connectivity index (χ0) is 19.1. The highest BCUT2D eigenvalue weighted by molar-refractivity contribution is 6.12. The maximum absolute atomic E-state index is 12.5. The Bertz CT molecular complexity index is 491. The molecule has 0 aliphatic heterocycles. The second kappa shape index (κ2) is 9.97. The zero-order valence-electron chi connectivity index (χ0n) is 16.4. The topological polar surface area (TPSA) is 90.6 Å². The summed E-state index contributed by atoms with van der Waals surface area (Å²) in [5.74, 6) is -0.270. The molecule has 0 aromatic carbocycles. The lowest BCUT2D eigenvalue weighted by Gasteiger charge is -2.36. The number of hydrogen-bond acceptors (Lipinski definition) is 5. The average molecular weight is 352 g/mol. The highest BCUT2D eigenvalue weighted by atomic mass is 16.5. The molecule has 0 bridgehead atoms. The minimum atomic E-state index is -0.436. The zero-order valence-corrected chi connectivity index (χ0v) is 16.4. The van der Waals surface area contributed by atoms with Gasteiger partial charge in [-0.2, -0.15) is 0 Å². The molecular formula is C18H33BN2O4. The molecule has 0 fully saturated rings. The van der Waals surface area contributed by atoms with Gasteiger partial charge in [-0.1, -0.05) is 27.7 Å². The number of hydrogen-bond donors (Lipinski definition) is 2. The molecule has 0 aromatic heterocycles. The summed E-state index contributed by atoms with van der Waals surface area (Å²) in [6, 6.07) is -0.918. The summed E-state index contributed by atoms with van der Waals surface area (Å²) >= 11 is 0. The van der Waals surface area contributed by atoms with E-state index in [1.54, 1.807) is 6.08 Å². The monoisotopic (exact) mass is 352 g/mol. The van der Waals surface area contributed by atoms with E-state index < -0.39 is 12.1 Å². The first kappa shape index (κ1) is 21.7. The van der Waals surface area contributed by atoms with Crippen LogP contribution in [0, 0.1) is 5.92 Å². The Morgan fingerprint density at radius 2 is 1.96 bits per heavy atom. The Hall–Kier alpha value is -1.34. The molecule has 0 saturated carbocycles. The van der Waals surface area contributed by atoms with Gasteiger partial charge in [0.1, 0.15) is 0 Å². The van der Waals surface area contributed by atoms with Gasteiger partial charge >= 0.3 is 5.97 Å². The van der Waals surface area contributed by atoms with Crippen LogP contribution in [0.1, 0.15) is 53.9 Å². The van der Waals surface area contributed by atoms with E-state index in [0.29, 0.717) is 12.0 Å². The van der Waals surface area contributed by atoms with E-state index in [4.69, 9.17) is 15.2 Å². The summed E-state index contributed by atoms with van der Waals surface area (Å²) in [6.45, 7) is 9.56. The number of ether oxygens (including phenoxy) is 2. The van der Waals surface area contributed by atoms with E-state index >= 15 is 0 Å². The second-order valence-electron chi connectivity index (χ2n) is 7.18. The summed E-state index contributed by atoms with van der Waals surface area (Å²) in [5, 5.41) is 2.87. The van der Waals surface area contributed by atoms with E-state index in [0.717, 1.165) is 12.8 Å². The fraction of sp³-hybridized carbons (Fsp3) is 0.778. The van der Waals surface area contributed by atoms with Crippen molar-refractivity contribution in [2.75, 3.05) is 0 Å². The molecule has 1 unspecified atom stereocenters. The van der Waals surface area contributed by atoms with E-state index in [1.165, 1.54) is 6.92 Å². The van der Waals surface area contributed by atoms with Crippen LogP contribution in [0.4, 0.5) is 0 Å². The molecule has 25 heavy (non-hydrogen) atoms. The maximum atomic E-state index is 12.5. The second-order valence-corrected chi connectivity index (χ2v) is 7.18. The first-order valence-electron chi connectivity index (χ1n) is 9.29. The lowest BCUT2D eigenvalue weighted by molar-refractivity contribution is -0.142. The summed E-state index contributed by atoms with van der Waals surface area (Å²) in [4.78, 5) is 24.0. The number of nitrogens with two attached hydrogens (primary N) is 1. The number of carbonyl (C=O) groups is 2. The molecule has 0 radical (unpaired) electrons. The van der Waals surface area contributed by atoms with Crippen molar-refractivity contribution in [2.24, 2.45) is 11.7 Å². The Kier molecular flexibility index (Phi) is 8.66. The minimum absolute atomic E-state index is 0.0506. The first-order chi connectivity index (χ1) is 11.7. The Labute approximate surface area is 152 Å². The van der Waals surface area contributed by atoms with Gasteiger partial charge in [-0.3, -0.25) is 4.79 Å². The van der Waals surface area contributed by atoms with Crippen LogP contribution in [0.15, 0.2) is 11.6 Å². The fourth-order valence-electron chi connectivity index (χ4n) is 2.78. The third-order valence-corrected chi connectivity index (χ3v) is 4.76. The Morgan fingerprint density at radius 1 is 1.36 bits per heavy atom. The van der Waals surface area contributed by atoms with Gasteiger partial charge in [-0.15, -0.1) is 0 Å². The maximum Gasteiger partial charge on any atom is 0.333 e. The molecule has 0 saturated heterocycles. The number of amides is 1. The van der Waals surface area contributed by atoms with Gasteiger partial charge in [0.05, 0.1) is 24.3 Å². The summed E-state index contributed by atoms with van der Waals surface area (Å²) in [5.41, 5.74) is 6.78. The van der Waals surface area contributed by atoms with Gasteiger partial charge in [-0.05, 0) is 31.3 Å². The van der Waals surface area contributed by atoms with Gasteiger partial charge in [0.15, 0.2) is 7.85 Å². The molecule has 1 rings (SSSR count). The number of carbonyl (C=O) groups excluding carboxylic acids is 2. The van der Waals surface area contributed by atoms with E-state index in [1.807, 2.05) is 35.5 Å². The van der Waals surface area contributed by atoms with E-state index in [-0.39, 0.29) is 35.9 Å². The van der Waals surface area contributed by atoms with E-state index in [2.05, 4.69) is 5.32 Å². The van der Waals surface area contributed by atoms with Crippen LogP contribution in [-0.4, -0.2) is 50.0 Å². The normalized spacial score (nSPS) is 24.8. The van der Waals surface area contributed by atoms with Crippen molar-refractivity contribution in [3.63, 3.8) is 0 Å². The quantitative estimate of drug-likeness (QED) is 0.500. The first-order valence-corrected chi connectivity index (χ1v) is 9.29. The largest absolute Gasteiger partial charge is 0.468 e. The Morgan fingerprint density at radius 3 is 2.44 bits per heavy atom. The van der Waals surface area contributed by atoms with Crippen LogP contribution >= 0.6 is 0 Å². The molecular weight excluding hydrogens is 319 g/mol. The van der Waals surface area contributed by atoms with Crippen molar-refractivity contribution >= 4 is 19.7 Å². The van der Waals surface area contributed by atoms with Crippen LogP contribution < -0.4 is 11.1 Å². The van der Waals surface area contributed by atoms with Gasteiger partial charge < -0.3 is 20.5 Å². The number of esters is 1. The Balaban J connectivity index is 3.00. The van der Waals surface area contributed by atoms with Crippen LogP contribution in [-0.2, 0) is 19.1 Å². The molecule has 4 atom stereocenters. The SMILES string of the molecule is BC(OC(=O)C1=C[C@@H](OC(CC)CC)[C@H](NC(C)=O)[C@@H](N)C1)C(C)C. The van der Waals surface area contributed by atoms with Crippen molar-refractivity contribution < 1.29 is 19.1 Å². The minimum Gasteiger partial charge on any atom is -0.468 e. The molecule has 1 aliphatic rings. The smallest absolute Gasteiger partial charge is 0.333 e. The third-order valence-electron chi connectivity index (χ3n) is 4.76. The van der Waals surface area contributed by atoms with Gasteiger partial charge in [-0.25, -0.2) is 4.79 Å². The van der Waals surface area contributed by atoms with Crippen LogP contribution in [0.5, 0.6) is 0 Å². The van der Waals surface area contributed by atoms with Gasteiger partial charge in [0.2, 0.25) is 5.91 Å². The van der Waals surface area contributed by atoms with Gasteiger partial charge in [0.25, 0.3) is 0 Å². The fourth-order valence-corrected chi connectivity index (χ4v) is 2.78. The molecule has 3 N–H and O–H groups in total.